The fourth-order valence-corrected chi connectivity index (χ4v) is 3.46. The molecule has 2 rings (SSSR count). The summed E-state index contributed by atoms with van der Waals surface area (Å²) >= 11 is 6.97. The van der Waals surface area contributed by atoms with E-state index < -0.39 is 5.97 Å². The second kappa shape index (κ2) is 9.20. The number of carboxylic acids is 1. The number of methoxy groups -OCH3 is 1. The summed E-state index contributed by atoms with van der Waals surface area (Å²) in [6.45, 7) is 1.85. The summed E-state index contributed by atoms with van der Waals surface area (Å²) in [5.74, 6) is -0.00650. The van der Waals surface area contributed by atoms with Gasteiger partial charge in [-0.3, -0.25) is 9.69 Å². The first-order valence-corrected chi connectivity index (χ1v) is 9.07. The van der Waals surface area contributed by atoms with Crippen LogP contribution in [0, 0.1) is 0 Å². The third-order valence-electron chi connectivity index (χ3n) is 3.56. The Morgan fingerprint density at radius 2 is 1.83 bits per heavy atom. The second-order valence-corrected chi connectivity index (χ2v) is 7.22. The number of hydrogen-bond donors (Lipinski definition) is 1. The lowest BCUT2D eigenvalue weighted by atomic mass is 10.1. The number of carboxylic acid groups (broad SMARTS) is 1. The highest BCUT2D eigenvalue weighted by Gasteiger charge is 2.11. The maximum Gasteiger partial charge on any atom is 0.304 e. The van der Waals surface area contributed by atoms with E-state index in [2.05, 4.69) is 42.8 Å². The molecule has 24 heavy (non-hydrogen) atoms. The first-order chi connectivity index (χ1) is 11.5. The average Bonchev–Trinajstić information content (AvgIpc) is 2.53. The van der Waals surface area contributed by atoms with Crippen molar-refractivity contribution in [3.8, 4) is 5.75 Å². The number of hydrogen-bond acceptors (Lipinski definition) is 3. The molecule has 0 aliphatic carbocycles. The Hall–Kier alpha value is -1.37. The highest BCUT2D eigenvalue weighted by Crippen LogP contribution is 2.26. The van der Waals surface area contributed by atoms with Gasteiger partial charge >= 0.3 is 5.97 Å². The van der Waals surface area contributed by atoms with Crippen molar-refractivity contribution in [1.29, 1.82) is 0 Å². The Balaban J connectivity index is 2.13. The maximum absolute atomic E-state index is 10.9. The number of carbonyl (C=O) groups is 1. The molecule has 0 aromatic heterocycles. The molecule has 128 valence electrons. The van der Waals surface area contributed by atoms with Crippen molar-refractivity contribution in [2.75, 3.05) is 13.7 Å². The summed E-state index contributed by atoms with van der Waals surface area (Å²) in [7, 11) is 1.63. The molecule has 0 aliphatic heterocycles. The van der Waals surface area contributed by atoms with Crippen molar-refractivity contribution >= 4 is 37.8 Å². The van der Waals surface area contributed by atoms with Gasteiger partial charge in [0.25, 0.3) is 0 Å². The summed E-state index contributed by atoms with van der Waals surface area (Å²) in [4.78, 5) is 13.1. The van der Waals surface area contributed by atoms with Crippen LogP contribution >= 0.6 is 31.9 Å². The van der Waals surface area contributed by atoms with Crippen LogP contribution in [-0.4, -0.2) is 29.6 Å². The van der Waals surface area contributed by atoms with Crippen LogP contribution < -0.4 is 4.74 Å². The molecule has 0 spiro atoms. The lowest BCUT2D eigenvalue weighted by Crippen LogP contribution is -2.25. The Morgan fingerprint density at radius 1 is 1.12 bits per heavy atom. The van der Waals surface area contributed by atoms with E-state index in [4.69, 9.17) is 9.84 Å². The van der Waals surface area contributed by atoms with Gasteiger partial charge in [-0.05, 0) is 51.3 Å². The molecule has 0 heterocycles. The van der Waals surface area contributed by atoms with E-state index in [-0.39, 0.29) is 6.42 Å². The molecule has 2 aromatic carbocycles. The fourth-order valence-electron chi connectivity index (χ4n) is 2.43. The van der Waals surface area contributed by atoms with E-state index in [1.165, 1.54) is 0 Å². The molecule has 4 nitrogen and oxygen atoms in total. The van der Waals surface area contributed by atoms with Crippen molar-refractivity contribution in [1.82, 2.24) is 4.90 Å². The fraction of sp³-hybridized carbons (Fsp3) is 0.278. The molecular formula is C18H19Br2NO3. The topological polar surface area (TPSA) is 49.8 Å². The summed E-state index contributed by atoms with van der Waals surface area (Å²) in [6.07, 6.45) is 0.116. The third kappa shape index (κ3) is 5.92. The highest BCUT2D eigenvalue weighted by atomic mass is 79.9. The van der Waals surface area contributed by atoms with Gasteiger partial charge in [-0.1, -0.05) is 34.1 Å². The van der Waals surface area contributed by atoms with Gasteiger partial charge < -0.3 is 9.84 Å². The molecule has 0 bridgehead atoms. The zero-order chi connectivity index (χ0) is 17.5. The predicted octanol–water partition coefficient (Wildman–Crippen LogP) is 4.70. The Morgan fingerprint density at radius 3 is 2.42 bits per heavy atom. The first-order valence-electron chi connectivity index (χ1n) is 7.49. The average molecular weight is 457 g/mol. The standard InChI is InChI=1S/C18H19Br2NO3/c1-24-17-6-5-14(10-16(17)20)12-21(8-7-18(22)23)11-13-3-2-4-15(19)9-13/h2-6,9-10H,7-8,11-12H2,1H3,(H,22,23). The van der Waals surface area contributed by atoms with Crippen LogP contribution in [0.25, 0.3) is 0 Å². The summed E-state index contributed by atoms with van der Waals surface area (Å²) < 4.78 is 7.16. The summed E-state index contributed by atoms with van der Waals surface area (Å²) in [6, 6.07) is 14.0. The Kier molecular flexibility index (Phi) is 7.27. The maximum atomic E-state index is 10.9. The third-order valence-corrected chi connectivity index (χ3v) is 4.67. The van der Waals surface area contributed by atoms with Gasteiger partial charge in [0.2, 0.25) is 0 Å². The van der Waals surface area contributed by atoms with E-state index in [9.17, 15) is 4.79 Å². The molecule has 1 N–H and O–H groups in total. The van der Waals surface area contributed by atoms with Crippen molar-refractivity contribution < 1.29 is 14.6 Å². The quantitative estimate of drug-likeness (QED) is 0.625. The zero-order valence-electron chi connectivity index (χ0n) is 13.3. The van der Waals surface area contributed by atoms with E-state index in [1.54, 1.807) is 7.11 Å². The lowest BCUT2D eigenvalue weighted by Gasteiger charge is -2.22. The van der Waals surface area contributed by atoms with Crippen LogP contribution in [0.5, 0.6) is 5.75 Å². The number of benzene rings is 2. The molecular weight excluding hydrogens is 438 g/mol. The number of aliphatic carboxylic acids is 1. The number of rotatable bonds is 8. The van der Waals surface area contributed by atoms with Gasteiger partial charge in [0.1, 0.15) is 5.75 Å². The highest BCUT2D eigenvalue weighted by molar-refractivity contribution is 9.10. The number of halogens is 2. The van der Waals surface area contributed by atoms with Crippen LogP contribution in [-0.2, 0) is 17.9 Å². The molecule has 0 aliphatic rings. The van der Waals surface area contributed by atoms with Crippen LogP contribution in [0.1, 0.15) is 17.5 Å². The van der Waals surface area contributed by atoms with Gasteiger partial charge in [0.15, 0.2) is 0 Å². The minimum absolute atomic E-state index is 0.116. The molecule has 0 atom stereocenters. The van der Waals surface area contributed by atoms with Crippen LogP contribution in [0.4, 0.5) is 0 Å². The lowest BCUT2D eigenvalue weighted by molar-refractivity contribution is -0.137. The SMILES string of the molecule is COc1ccc(CN(CCC(=O)O)Cc2cccc(Br)c2)cc1Br. The van der Waals surface area contributed by atoms with Crippen molar-refractivity contribution in [3.63, 3.8) is 0 Å². The van der Waals surface area contributed by atoms with Crippen molar-refractivity contribution in [2.45, 2.75) is 19.5 Å². The normalized spacial score (nSPS) is 10.8. The Bertz CT molecular complexity index is 706. The molecule has 0 radical (unpaired) electrons. The molecule has 0 fully saturated rings. The van der Waals surface area contributed by atoms with Gasteiger partial charge in [0, 0.05) is 24.1 Å². The zero-order valence-corrected chi connectivity index (χ0v) is 16.5. The second-order valence-electron chi connectivity index (χ2n) is 5.45. The van der Waals surface area contributed by atoms with E-state index >= 15 is 0 Å². The number of ether oxygens (including phenoxy) is 1. The molecule has 0 saturated carbocycles. The molecule has 0 amide bonds. The van der Waals surface area contributed by atoms with Gasteiger partial charge in [-0.2, -0.15) is 0 Å². The van der Waals surface area contributed by atoms with E-state index in [0.717, 1.165) is 25.8 Å². The van der Waals surface area contributed by atoms with Gasteiger partial charge in [-0.15, -0.1) is 0 Å². The van der Waals surface area contributed by atoms with Gasteiger partial charge in [-0.25, -0.2) is 0 Å². The predicted molar refractivity (Wildman–Crippen MR) is 101 cm³/mol. The van der Waals surface area contributed by atoms with Crippen LogP contribution in [0.15, 0.2) is 51.4 Å². The molecule has 0 unspecified atom stereocenters. The van der Waals surface area contributed by atoms with Crippen molar-refractivity contribution in [2.24, 2.45) is 0 Å². The minimum Gasteiger partial charge on any atom is -0.496 e. The summed E-state index contributed by atoms with van der Waals surface area (Å²) in [5.41, 5.74) is 2.24. The van der Waals surface area contributed by atoms with Crippen molar-refractivity contribution in [3.05, 3.63) is 62.5 Å². The van der Waals surface area contributed by atoms with E-state index in [0.29, 0.717) is 19.6 Å². The summed E-state index contributed by atoms with van der Waals surface area (Å²) in [5, 5.41) is 8.99. The molecule has 6 heteroatoms. The monoisotopic (exact) mass is 455 g/mol. The number of nitrogens with zero attached hydrogens (tertiary/aromatic N) is 1. The van der Waals surface area contributed by atoms with E-state index in [1.807, 2.05) is 36.4 Å². The minimum atomic E-state index is -0.787. The first kappa shape index (κ1) is 19.0. The van der Waals surface area contributed by atoms with Crippen LogP contribution in [0.3, 0.4) is 0 Å². The largest absolute Gasteiger partial charge is 0.496 e. The smallest absolute Gasteiger partial charge is 0.304 e. The molecule has 2 aromatic rings. The van der Waals surface area contributed by atoms with Crippen LogP contribution in [0.2, 0.25) is 0 Å². The van der Waals surface area contributed by atoms with Gasteiger partial charge in [0.05, 0.1) is 18.0 Å². The Labute approximate surface area is 158 Å². The molecule has 0 saturated heterocycles.